The summed E-state index contributed by atoms with van der Waals surface area (Å²) in [5, 5.41) is 3.29. The van der Waals surface area contributed by atoms with Crippen LogP contribution in [0.5, 0.6) is 0 Å². The first-order valence-corrected chi connectivity index (χ1v) is 6.58. The van der Waals surface area contributed by atoms with E-state index in [0.717, 1.165) is 11.3 Å². The van der Waals surface area contributed by atoms with Gasteiger partial charge in [-0.15, -0.1) is 0 Å². The normalized spacial score (nSPS) is 17.5. The van der Waals surface area contributed by atoms with Gasteiger partial charge in [0.25, 0.3) is 0 Å². The lowest BCUT2D eigenvalue weighted by Gasteiger charge is -2.16. The summed E-state index contributed by atoms with van der Waals surface area (Å²) in [4.78, 5) is 11.5. The zero-order chi connectivity index (χ0) is 13.8. The molecule has 2 aromatic rings. The molecule has 0 fully saturated rings. The van der Waals surface area contributed by atoms with Crippen LogP contribution in [-0.2, 0) is 16.1 Å². The van der Waals surface area contributed by atoms with Gasteiger partial charge in [-0.05, 0) is 11.1 Å². The maximum absolute atomic E-state index is 11.5. The van der Waals surface area contributed by atoms with E-state index in [1.54, 1.807) is 0 Å². The SMILES string of the molecule is O=C1C=C(NCc2ccccc2)[C@@H](c2ccccc2)O1. The maximum atomic E-state index is 11.5. The molecule has 2 aromatic carbocycles. The largest absolute Gasteiger partial charge is 0.448 e. The van der Waals surface area contributed by atoms with E-state index in [2.05, 4.69) is 5.32 Å². The van der Waals surface area contributed by atoms with Gasteiger partial charge < -0.3 is 10.1 Å². The van der Waals surface area contributed by atoms with E-state index in [0.29, 0.717) is 6.54 Å². The van der Waals surface area contributed by atoms with Crippen LogP contribution in [0.15, 0.2) is 72.4 Å². The molecule has 1 atom stereocenters. The lowest BCUT2D eigenvalue weighted by molar-refractivity contribution is -0.139. The minimum absolute atomic E-state index is 0.297. The molecule has 3 nitrogen and oxygen atoms in total. The summed E-state index contributed by atoms with van der Waals surface area (Å²) in [7, 11) is 0. The summed E-state index contributed by atoms with van der Waals surface area (Å²) in [6.07, 6.45) is 1.20. The number of hydrogen-bond donors (Lipinski definition) is 1. The molecule has 0 amide bonds. The Morgan fingerprint density at radius 2 is 1.60 bits per heavy atom. The Hall–Kier alpha value is -2.55. The molecule has 0 radical (unpaired) electrons. The Labute approximate surface area is 117 Å². The van der Waals surface area contributed by atoms with Gasteiger partial charge in [-0.2, -0.15) is 0 Å². The van der Waals surface area contributed by atoms with Crippen LogP contribution in [0.2, 0.25) is 0 Å². The molecule has 0 saturated heterocycles. The second-order valence-electron chi connectivity index (χ2n) is 4.67. The Kier molecular flexibility index (Phi) is 3.50. The van der Waals surface area contributed by atoms with Crippen LogP contribution in [0, 0.1) is 0 Å². The van der Waals surface area contributed by atoms with Crippen molar-refractivity contribution in [2.75, 3.05) is 0 Å². The zero-order valence-corrected chi connectivity index (χ0v) is 11.0. The third-order valence-corrected chi connectivity index (χ3v) is 3.23. The number of cyclic esters (lactones) is 1. The second kappa shape index (κ2) is 5.61. The fourth-order valence-corrected chi connectivity index (χ4v) is 2.24. The van der Waals surface area contributed by atoms with Crippen molar-refractivity contribution in [3.05, 3.63) is 83.6 Å². The molecule has 1 N–H and O–H groups in total. The molecule has 0 unspecified atom stereocenters. The zero-order valence-electron chi connectivity index (χ0n) is 11.0. The van der Waals surface area contributed by atoms with Crippen LogP contribution < -0.4 is 5.32 Å². The van der Waals surface area contributed by atoms with Crippen LogP contribution in [0.4, 0.5) is 0 Å². The fourth-order valence-electron chi connectivity index (χ4n) is 2.24. The molecule has 1 aliphatic rings. The summed E-state index contributed by atoms with van der Waals surface area (Å²) >= 11 is 0. The first-order chi connectivity index (χ1) is 9.83. The molecule has 1 aliphatic heterocycles. The molecular formula is C17H15NO2. The van der Waals surface area contributed by atoms with E-state index in [4.69, 9.17) is 4.74 Å². The van der Waals surface area contributed by atoms with E-state index < -0.39 is 0 Å². The third-order valence-electron chi connectivity index (χ3n) is 3.23. The molecule has 20 heavy (non-hydrogen) atoms. The van der Waals surface area contributed by atoms with E-state index >= 15 is 0 Å². The molecule has 1 heterocycles. The molecular weight excluding hydrogens is 250 g/mol. The molecule has 0 bridgehead atoms. The van der Waals surface area contributed by atoms with Crippen molar-refractivity contribution in [1.82, 2.24) is 5.32 Å². The topological polar surface area (TPSA) is 38.3 Å². The van der Waals surface area contributed by atoms with E-state index in [1.807, 2.05) is 60.7 Å². The van der Waals surface area contributed by atoms with E-state index in [1.165, 1.54) is 11.6 Å². The smallest absolute Gasteiger partial charge is 0.333 e. The van der Waals surface area contributed by atoms with Crippen molar-refractivity contribution in [3.63, 3.8) is 0 Å². The molecule has 0 spiro atoms. The van der Waals surface area contributed by atoms with Crippen LogP contribution in [0.1, 0.15) is 17.2 Å². The third kappa shape index (κ3) is 2.72. The van der Waals surface area contributed by atoms with Crippen molar-refractivity contribution in [1.29, 1.82) is 0 Å². The van der Waals surface area contributed by atoms with Crippen LogP contribution in [0.3, 0.4) is 0 Å². The van der Waals surface area contributed by atoms with Crippen molar-refractivity contribution >= 4 is 5.97 Å². The number of rotatable bonds is 4. The molecule has 3 heteroatoms. The summed E-state index contributed by atoms with van der Waals surface area (Å²) in [5.74, 6) is -0.297. The van der Waals surface area contributed by atoms with Gasteiger partial charge >= 0.3 is 5.97 Å². The van der Waals surface area contributed by atoms with Gasteiger partial charge in [0.2, 0.25) is 0 Å². The van der Waals surface area contributed by atoms with Gasteiger partial charge in [0.05, 0.1) is 5.70 Å². The number of carbonyl (C=O) groups is 1. The Balaban J connectivity index is 1.74. The highest BCUT2D eigenvalue weighted by Gasteiger charge is 2.27. The van der Waals surface area contributed by atoms with Crippen LogP contribution >= 0.6 is 0 Å². The summed E-state index contributed by atoms with van der Waals surface area (Å²) in [6.45, 7) is 0.673. The Morgan fingerprint density at radius 1 is 0.950 bits per heavy atom. The first kappa shape index (κ1) is 12.5. The number of hydrogen-bond acceptors (Lipinski definition) is 3. The molecule has 3 rings (SSSR count). The van der Waals surface area contributed by atoms with Gasteiger partial charge in [-0.25, -0.2) is 4.79 Å². The van der Waals surface area contributed by atoms with Crippen molar-refractivity contribution < 1.29 is 9.53 Å². The predicted molar refractivity (Wildman–Crippen MR) is 76.6 cm³/mol. The van der Waals surface area contributed by atoms with Crippen molar-refractivity contribution in [3.8, 4) is 0 Å². The number of nitrogens with one attached hydrogen (secondary N) is 1. The fraction of sp³-hybridized carbons (Fsp3) is 0.118. The maximum Gasteiger partial charge on any atom is 0.333 e. The quantitative estimate of drug-likeness (QED) is 0.864. The Bertz CT molecular complexity index is 620. The van der Waals surface area contributed by atoms with Gasteiger partial charge in [0.1, 0.15) is 0 Å². The van der Waals surface area contributed by atoms with Gasteiger partial charge in [0.15, 0.2) is 6.10 Å². The van der Waals surface area contributed by atoms with Gasteiger partial charge in [0, 0.05) is 12.6 Å². The standard InChI is InChI=1S/C17H15NO2/c19-16-11-15(18-12-13-7-3-1-4-8-13)17(20-16)14-9-5-2-6-10-14/h1-11,17-18H,12H2/t17-/m1/s1. The average Bonchev–Trinajstić information content (AvgIpc) is 2.88. The lowest BCUT2D eigenvalue weighted by atomic mass is 10.1. The predicted octanol–water partition coefficient (Wildman–Crippen LogP) is 2.96. The monoisotopic (exact) mass is 265 g/mol. The van der Waals surface area contributed by atoms with Crippen LogP contribution in [-0.4, -0.2) is 5.97 Å². The van der Waals surface area contributed by atoms with Crippen LogP contribution in [0.25, 0.3) is 0 Å². The van der Waals surface area contributed by atoms with Crippen molar-refractivity contribution in [2.45, 2.75) is 12.6 Å². The summed E-state index contributed by atoms with van der Waals surface area (Å²) in [6, 6.07) is 19.8. The molecule has 0 aromatic heterocycles. The first-order valence-electron chi connectivity index (χ1n) is 6.58. The number of ether oxygens (including phenoxy) is 1. The highest BCUT2D eigenvalue weighted by molar-refractivity contribution is 5.86. The minimum Gasteiger partial charge on any atom is -0.448 e. The van der Waals surface area contributed by atoms with Gasteiger partial charge in [-0.1, -0.05) is 60.7 Å². The number of benzene rings is 2. The lowest BCUT2D eigenvalue weighted by Crippen LogP contribution is -2.17. The molecule has 0 aliphatic carbocycles. The highest BCUT2D eigenvalue weighted by atomic mass is 16.5. The van der Waals surface area contributed by atoms with Crippen molar-refractivity contribution in [2.24, 2.45) is 0 Å². The summed E-state index contributed by atoms with van der Waals surface area (Å²) < 4.78 is 5.35. The second-order valence-corrected chi connectivity index (χ2v) is 4.67. The van der Waals surface area contributed by atoms with E-state index in [-0.39, 0.29) is 12.1 Å². The highest BCUT2D eigenvalue weighted by Crippen LogP contribution is 2.29. The summed E-state index contributed by atoms with van der Waals surface area (Å²) in [5.41, 5.74) is 2.95. The number of esters is 1. The molecule has 0 saturated carbocycles. The number of carbonyl (C=O) groups excluding carboxylic acids is 1. The average molecular weight is 265 g/mol. The molecule has 100 valence electrons. The Morgan fingerprint density at radius 3 is 2.30 bits per heavy atom. The van der Waals surface area contributed by atoms with Gasteiger partial charge in [-0.3, -0.25) is 0 Å². The minimum atomic E-state index is -0.326. The van der Waals surface area contributed by atoms with E-state index in [9.17, 15) is 4.79 Å².